The summed E-state index contributed by atoms with van der Waals surface area (Å²) >= 11 is 0. The topological polar surface area (TPSA) is 105 Å². The van der Waals surface area contributed by atoms with Gasteiger partial charge in [-0.2, -0.15) is 13.9 Å². The molecule has 1 aliphatic heterocycles. The summed E-state index contributed by atoms with van der Waals surface area (Å²) in [7, 11) is 0. The van der Waals surface area contributed by atoms with Crippen LogP contribution in [-0.2, 0) is 4.79 Å². The highest BCUT2D eigenvalue weighted by Gasteiger charge is 2.35. The third-order valence-electron chi connectivity index (χ3n) is 6.92. The Balaban J connectivity index is 1.57. The first-order valence-corrected chi connectivity index (χ1v) is 12.6. The highest BCUT2D eigenvalue weighted by molar-refractivity contribution is 5.98. The zero-order chi connectivity index (χ0) is 28.7. The van der Waals surface area contributed by atoms with Crippen LogP contribution in [0, 0.1) is 5.82 Å². The minimum absolute atomic E-state index is 0.0548. The molecular weight excluding hydrogens is 535 g/mol. The number of nitrogen functional groups attached to an aromatic ring is 1. The fourth-order valence-electron chi connectivity index (χ4n) is 5.14. The second-order valence-electron chi connectivity index (χ2n) is 9.37. The van der Waals surface area contributed by atoms with E-state index in [4.69, 9.17) is 15.6 Å². The number of nitrogens with two attached hydrogens (primary N) is 1. The second kappa shape index (κ2) is 10.4. The summed E-state index contributed by atoms with van der Waals surface area (Å²) in [5.74, 6) is -0.305. The lowest BCUT2D eigenvalue weighted by Gasteiger charge is -2.31. The van der Waals surface area contributed by atoms with E-state index in [-0.39, 0.29) is 11.6 Å². The minimum atomic E-state index is -3.00. The number of hydrogen-bond donors (Lipinski definition) is 1. The normalized spacial score (nSPS) is 15.5. The van der Waals surface area contributed by atoms with Crippen LogP contribution in [0.15, 0.2) is 84.9 Å². The molecule has 0 radical (unpaired) electrons. The summed E-state index contributed by atoms with van der Waals surface area (Å²) in [6, 6.07) is 18.4. The molecule has 206 valence electrons. The van der Waals surface area contributed by atoms with Gasteiger partial charge < -0.3 is 20.0 Å². The molecule has 11 heteroatoms. The van der Waals surface area contributed by atoms with Gasteiger partial charge in [0.1, 0.15) is 53.2 Å². The van der Waals surface area contributed by atoms with Crippen molar-refractivity contribution in [3.63, 3.8) is 0 Å². The summed E-state index contributed by atoms with van der Waals surface area (Å²) in [6.07, 6.45) is 2.09. The summed E-state index contributed by atoms with van der Waals surface area (Å²) in [5.41, 5.74) is 8.98. The SMILES string of the molecule is CC(C1=C(c2cccc(F)c2)C(C=O)c2ccccc2O1)n1nc(-c2cccc(OC(F)F)c2)c2c(N)ncnc21. The number of benzene rings is 3. The van der Waals surface area contributed by atoms with Crippen molar-refractivity contribution < 1.29 is 27.4 Å². The van der Waals surface area contributed by atoms with E-state index >= 15 is 0 Å². The number of para-hydroxylation sites is 1. The van der Waals surface area contributed by atoms with Gasteiger partial charge in [-0.25, -0.2) is 19.0 Å². The van der Waals surface area contributed by atoms with Crippen LogP contribution < -0.4 is 15.2 Å². The van der Waals surface area contributed by atoms with Crippen molar-refractivity contribution in [2.45, 2.75) is 25.5 Å². The molecule has 2 aromatic heterocycles. The zero-order valence-electron chi connectivity index (χ0n) is 21.5. The molecule has 0 fully saturated rings. The lowest BCUT2D eigenvalue weighted by molar-refractivity contribution is -0.108. The van der Waals surface area contributed by atoms with Crippen LogP contribution in [0.1, 0.15) is 30.0 Å². The molecule has 0 spiro atoms. The first kappa shape index (κ1) is 26.1. The number of anilines is 1. The smallest absolute Gasteiger partial charge is 0.387 e. The Hall–Kier alpha value is -5.19. The third kappa shape index (κ3) is 4.65. The number of fused-ring (bicyclic) bond motifs is 2. The number of halogens is 3. The van der Waals surface area contributed by atoms with Gasteiger partial charge >= 0.3 is 6.61 Å². The van der Waals surface area contributed by atoms with E-state index in [0.717, 1.165) is 6.29 Å². The molecule has 5 aromatic rings. The van der Waals surface area contributed by atoms with E-state index in [0.29, 0.717) is 50.5 Å². The van der Waals surface area contributed by atoms with Crippen molar-refractivity contribution in [3.05, 3.63) is 102 Å². The van der Waals surface area contributed by atoms with Crippen LogP contribution in [-0.4, -0.2) is 32.6 Å². The number of carbonyl (C=O) groups excluding carboxylic acids is 1. The quantitative estimate of drug-likeness (QED) is 0.239. The van der Waals surface area contributed by atoms with Crippen molar-refractivity contribution in [1.29, 1.82) is 0 Å². The van der Waals surface area contributed by atoms with Gasteiger partial charge in [0.25, 0.3) is 0 Å². The molecule has 3 heterocycles. The van der Waals surface area contributed by atoms with E-state index in [1.54, 1.807) is 60.1 Å². The summed E-state index contributed by atoms with van der Waals surface area (Å²) in [4.78, 5) is 21.1. The average molecular weight is 558 g/mol. The van der Waals surface area contributed by atoms with Crippen LogP contribution in [0.4, 0.5) is 19.0 Å². The Morgan fingerprint density at radius 2 is 1.80 bits per heavy atom. The van der Waals surface area contributed by atoms with Crippen LogP contribution in [0.2, 0.25) is 0 Å². The van der Waals surface area contributed by atoms with Crippen LogP contribution >= 0.6 is 0 Å². The van der Waals surface area contributed by atoms with Gasteiger partial charge in [0.05, 0.1) is 11.3 Å². The number of nitrogens with zero attached hydrogens (tertiary/aromatic N) is 4. The Morgan fingerprint density at radius 1 is 1.02 bits per heavy atom. The van der Waals surface area contributed by atoms with Gasteiger partial charge in [-0.3, -0.25) is 0 Å². The molecule has 41 heavy (non-hydrogen) atoms. The number of aromatic nitrogens is 4. The maximum atomic E-state index is 14.4. The van der Waals surface area contributed by atoms with Crippen LogP contribution in [0.25, 0.3) is 27.9 Å². The van der Waals surface area contributed by atoms with Gasteiger partial charge in [0.15, 0.2) is 5.65 Å². The molecule has 2 atom stereocenters. The Morgan fingerprint density at radius 3 is 2.59 bits per heavy atom. The Bertz CT molecular complexity index is 1820. The highest BCUT2D eigenvalue weighted by Crippen LogP contribution is 2.46. The highest BCUT2D eigenvalue weighted by atomic mass is 19.3. The molecule has 2 unspecified atom stereocenters. The largest absolute Gasteiger partial charge is 0.459 e. The molecule has 0 amide bonds. The van der Waals surface area contributed by atoms with Crippen LogP contribution in [0.5, 0.6) is 11.5 Å². The van der Waals surface area contributed by atoms with E-state index < -0.39 is 24.4 Å². The number of allylic oxidation sites excluding steroid dienone is 2. The van der Waals surface area contributed by atoms with E-state index in [9.17, 15) is 18.0 Å². The summed E-state index contributed by atoms with van der Waals surface area (Å²) in [6.45, 7) is -1.20. The lowest BCUT2D eigenvalue weighted by atomic mass is 9.83. The fraction of sp³-hybridized carbons (Fsp3) is 0.133. The maximum Gasteiger partial charge on any atom is 0.387 e. The predicted octanol–water partition coefficient (Wildman–Crippen LogP) is 6.16. The van der Waals surface area contributed by atoms with Crippen molar-refractivity contribution in [1.82, 2.24) is 19.7 Å². The maximum absolute atomic E-state index is 14.4. The first-order chi connectivity index (χ1) is 19.9. The lowest BCUT2D eigenvalue weighted by Crippen LogP contribution is -2.23. The Labute approximate surface area is 231 Å². The number of ether oxygens (including phenoxy) is 2. The summed E-state index contributed by atoms with van der Waals surface area (Å²) < 4.78 is 52.8. The van der Waals surface area contributed by atoms with Crippen molar-refractivity contribution in [2.75, 3.05) is 5.73 Å². The molecule has 8 nitrogen and oxygen atoms in total. The van der Waals surface area contributed by atoms with Crippen LogP contribution in [0.3, 0.4) is 0 Å². The number of alkyl halides is 2. The van der Waals surface area contributed by atoms with E-state index in [1.165, 1.54) is 30.6 Å². The summed E-state index contributed by atoms with van der Waals surface area (Å²) in [5, 5.41) is 5.18. The standard InChI is InChI=1S/C30H22F3N5O3/c1-16(27-24(17-6-4-8-19(31)12-17)22(14-39)21-10-2-3-11-23(21)41-27)38-29-25(28(34)35-15-36-29)26(37-38)18-7-5-9-20(13-18)40-30(32)33/h2-16,22,30H,1H3,(H2,34,35,36). The van der Waals surface area contributed by atoms with E-state index in [2.05, 4.69) is 14.7 Å². The molecule has 1 aliphatic rings. The fourth-order valence-corrected chi connectivity index (χ4v) is 5.14. The monoisotopic (exact) mass is 557 g/mol. The average Bonchev–Trinajstić information content (AvgIpc) is 3.36. The molecule has 2 N–H and O–H groups in total. The van der Waals surface area contributed by atoms with Crippen molar-refractivity contribution >= 4 is 28.7 Å². The van der Waals surface area contributed by atoms with Gasteiger partial charge in [-0.1, -0.05) is 42.5 Å². The van der Waals surface area contributed by atoms with E-state index in [1.807, 2.05) is 0 Å². The molecule has 0 bridgehead atoms. The zero-order valence-corrected chi connectivity index (χ0v) is 21.5. The van der Waals surface area contributed by atoms with Gasteiger partial charge in [-0.05, 0) is 42.8 Å². The number of hydrogen-bond acceptors (Lipinski definition) is 7. The molecule has 0 saturated heterocycles. The van der Waals surface area contributed by atoms with Gasteiger partial charge in [-0.15, -0.1) is 0 Å². The molecule has 6 rings (SSSR count). The Kier molecular flexibility index (Phi) is 6.62. The number of rotatable bonds is 7. The molecule has 0 saturated carbocycles. The van der Waals surface area contributed by atoms with Crippen molar-refractivity contribution in [3.8, 4) is 22.8 Å². The van der Waals surface area contributed by atoms with Gasteiger partial charge in [0, 0.05) is 16.7 Å². The number of aldehydes is 1. The second-order valence-corrected chi connectivity index (χ2v) is 9.37. The molecule has 3 aromatic carbocycles. The molecular formula is C30H22F3N5O3. The predicted molar refractivity (Wildman–Crippen MR) is 146 cm³/mol. The minimum Gasteiger partial charge on any atom is -0.459 e. The first-order valence-electron chi connectivity index (χ1n) is 12.6. The third-order valence-corrected chi connectivity index (χ3v) is 6.92. The number of carbonyl (C=O) groups is 1. The van der Waals surface area contributed by atoms with Crippen molar-refractivity contribution in [2.24, 2.45) is 0 Å². The van der Waals surface area contributed by atoms with Gasteiger partial charge in [0.2, 0.25) is 0 Å². The molecule has 0 aliphatic carbocycles.